The highest BCUT2D eigenvalue weighted by atomic mass is 32.1. The van der Waals surface area contributed by atoms with Gasteiger partial charge in [-0.2, -0.15) is 12.6 Å². The average Bonchev–Trinajstić information content (AvgIpc) is 2.40. The molecule has 2 heteroatoms. The largest absolute Gasteiger partial charge is 0.373 e. The molecule has 94 valence electrons. The molecule has 0 spiro atoms. The van der Waals surface area contributed by atoms with Gasteiger partial charge < -0.3 is 4.74 Å². The predicted octanol–water partition coefficient (Wildman–Crippen LogP) is 4.04. The van der Waals surface area contributed by atoms with Crippen LogP contribution in [0, 0.1) is 5.92 Å². The predicted molar refractivity (Wildman–Crippen MR) is 75.7 cm³/mol. The molecule has 1 aromatic carbocycles. The summed E-state index contributed by atoms with van der Waals surface area (Å²) in [6.07, 6.45) is 5.09. The molecular weight excluding hydrogens is 228 g/mol. The summed E-state index contributed by atoms with van der Waals surface area (Å²) in [7, 11) is 0. The van der Waals surface area contributed by atoms with Crippen molar-refractivity contribution in [2.24, 2.45) is 5.92 Å². The lowest BCUT2D eigenvalue weighted by atomic mass is 9.89. The number of thiol groups is 1. The van der Waals surface area contributed by atoms with Crippen molar-refractivity contribution in [2.45, 2.75) is 38.7 Å². The molecule has 0 saturated carbocycles. The van der Waals surface area contributed by atoms with Gasteiger partial charge in [0.1, 0.15) is 0 Å². The van der Waals surface area contributed by atoms with Crippen molar-refractivity contribution in [1.82, 2.24) is 0 Å². The van der Waals surface area contributed by atoms with Gasteiger partial charge in [-0.25, -0.2) is 0 Å². The van der Waals surface area contributed by atoms with Crippen LogP contribution in [-0.4, -0.2) is 12.4 Å². The fraction of sp³-hybridized carbons (Fsp3) is 0.600. The van der Waals surface area contributed by atoms with Gasteiger partial charge in [0.2, 0.25) is 0 Å². The number of aryl methyl sites for hydroxylation is 1. The topological polar surface area (TPSA) is 9.23 Å². The van der Waals surface area contributed by atoms with Gasteiger partial charge in [0.05, 0.1) is 12.7 Å². The first kappa shape index (κ1) is 13.0. The molecule has 1 aromatic rings. The summed E-state index contributed by atoms with van der Waals surface area (Å²) in [5.41, 5.74) is 2.88. The van der Waals surface area contributed by atoms with Crippen LogP contribution in [0.2, 0.25) is 0 Å². The summed E-state index contributed by atoms with van der Waals surface area (Å²) in [4.78, 5) is 0. The first-order valence-corrected chi connectivity index (χ1v) is 7.28. The maximum atomic E-state index is 6.10. The molecule has 2 rings (SSSR count). The van der Waals surface area contributed by atoms with Crippen LogP contribution in [0.5, 0.6) is 0 Å². The van der Waals surface area contributed by atoms with Crippen molar-refractivity contribution in [3.05, 3.63) is 35.4 Å². The van der Waals surface area contributed by atoms with Crippen LogP contribution >= 0.6 is 12.6 Å². The molecular formula is C15H22OS. The highest BCUT2D eigenvalue weighted by Gasteiger charge is 2.20. The molecule has 0 saturated heterocycles. The molecule has 0 bridgehead atoms. The summed E-state index contributed by atoms with van der Waals surface area (Å²) in [6, 6.07) is 8.71. The highest BCUT2D eigenvalue weighted by Crippen LogP contribution is 2.32. The van der Waals surface area contributed by atoms with E-state index < -0.39 is 0 Å². The van der Waals surface area contributed by atoms with Crippen LogP contribution in [0.3, 0.4) is 0 Å². The van der Waals surface area contributed by atoms with Gasteiger partial charge in [0, 0.05) is 0 Å². The van der Waals surface area contributed by atoms with Gasteiger partial charge in [-0.15, -0.1) is 0 Å². The summed E-state index contributed by atoms with van der Waals surface area (Å²) >= 11 is 4.37. The summed E-state index contributed by atoms with van der Waals surface area (Å²) < 4.78 is 6.10. The Morgan fingerprint density at radius 2 is 2.24 bits per heavy atom. The summed E-state index contributed by atoms with van der Waals surface area (Å²) in [5.74, 6) is 1.51. The van der Waals surface area contributed by atoms with E-state index in [2.05, 4.69) is 43.8 Å². The lowest BCUT2D eigenvalue weighted by Gasteiger charge is -2.27. The zero-order valence-electron chi connectivity index (χ0n) is 10.6. The minimum Gasteiger partial charge on any atom is -0.373 e. The summed E-state index contributed by atoms with van der Waals surface area (Å²) in [6.45, 7) is 3.05. The van der Waals surface area contributed by atoms with Gasteiger partial charge in [-0.3, -0.25) is 0 Å². The van der Waals surface area contributed by atoms with E-state index in [4.69, 9.17) is 4.74 Å². The molecule has 1 aliphatic rings. The van der Waals surface area contributed by atoms with E-state index in [0.29, 0.717) is 12.0 Å². The van der Waals surface area contributed by atoms with Crippen LogP contribution in [0.25, 0.3) is 0 Å². The van der Waals surface area contributed by atoms with Crippen molar-refractivity contribution < 1.29 is 4.74 Å². The molecule has 1 aliphatic carbocycles. The van der Waals surface area contributed by atoms with E-state index in [9.17, 15) is 0 Å². The molecule has 0 aromatic heterocycles. The van der Waals surface area contributed by atoms with Crippen LogP contribution in [-0.2, 0) is 11.2 Å². The first-order chi connectivity index (χ1) is 8.35. The number of rotatable bonds is 5. The Bertz CT molecular complexity index is 347. The molecule has 1 nitrogen and oxygen atoms in total. The SMILES string of the molecule is CCC(CS)COC1CCCc2ccccc21. The number of ether oxygens (including phenoxy) is 1. The third-order valence-corrected chi connectivity index (χ3v) is 4.20. The average molecular weight is 250 g/mol. The lowest BCUT2D eigenvalue weighted by molar-refractivity contribution is 0.0214. The van der Waals surface area contributed by atoms with E-state index in [1.165, 1.54) is 30.4 Å². The maximum absolute atomic E-state index is 6.10. The molecule has 17 heavy (non-hydrogen) atoms. The van der Waals surface area contributed by atoms with Crippen LogP contribution in [0.1, 0.15) is 43.4 Å². The zero-order valence-corrected chi connectivity index (χ0v) is 11.5. The van der Waals surface area contributed by atoms with E-state index in [1.54, 1.807) is 0 Å². The molecule has 2 atom stereocenters. The Morgan fingerprint density at radius 3 is 3.00 bits per heavy atom. The van der Waals surface area contributed by atoms with E-state index in [0.717, 1.165) is 18.8 Å². The Balaban J connectivity index is 1.99. The quantitative estimate of drug-likeness (QED) is 0.776. The Labute approximate surface area is 110 Å². The van der Waals surface area contributed by atoms with Crippen LogP contribution in [0.15, 0.2) is 24.3 Å². The first-order valence-electron chi connectivity index (χ1n) is 6.65. The number of hydrogen-bond donors (Lipinski definition) is 1. The maximum Gasteiger partial charge on any atom is 0.0827 e. The summed E-state index contributed by atoms with van der Waals surface area (Å²) in [5, 5.41) is 0. The number of benzene rings is 1. The molecule has 0 aliphatic heterocycles. The molecule has 0 radical (unpaired) electrons. The fourth-order valence-electron chi connectivity index (χ4n) is 2.43. The smallest absolute Gasteiger partial charge is 0.0827 e. The molecule has 0 amide bonds. The standard InChI is InChI=1S/C15H22OS/c1-2-12(11-17)10-16-15-9-5-7-13-6-3-4-8-14(13)15/h3-4,6,8,12,15,17H,2,5,7,9-11H2,1H3. The molecule has 0 fully saturated rings. The van der Waals surface area contributed by atoms with Crippen molar-refractivity contribution >= 4 is 12.6 Å². The van der Waals surface area contributed by atoms with Crippen LogP contribution in [0.4, 0.5) is 0 Å². The lowest BCUT2D eigenvalue weighted by Crippen LogP contribution is -2.17. The third kappa shape index (κ3) is 3.26. The second-order valence-corrected chi connectivity index (χ2v) is 5.24. The van der Waals surface area contributed by atoms with E-state index in [-0.39, 0.29) is 0 Å². The number of fused-ring (bicyclic) bond motifs is 1. The minimum atomic E-state index is 0.314. The second kappa shape index (κ2) is 6.46. The molecule has 2 unspecified atom stereocenters. The van der Waals surface area contributed by atoms with Crippen molar-refractivity contribution in [1.29, 1.82) is 0 Å². The molecule has 0 heterocycles. The van der Waals surface area contributed by atoms with Gasteiger partial charge in [-0.05, 0) is 42.1 Å². The van der Waals surface area contributed by atoms with Crippen molar-refractivity contribution in [3.63, 3.8) is 0 Å². The monoisotopic (exact) mass is 250 g/mol. The Kier molecular flexibility index (Phi) is 4.93. The van der Waals surface area contributed by atoms with Crippen molar-refractivity contribution in [2.75, 3.05) is 12.4 Å². The van der Waals surface area contributed by atoms with Crippen molar-refractivity contribution in [3.8, 4) is 0 Å². The third-order valence-electron chi connectivity index (χ3n) is 3.68. The van der Waals surface area contributed by atoms with Gasteiger partial charge in [0.25, 0.3) is 0 Å². The molecule has 0 N–H and O–H groups in total. The Hall–Kier alpha value is -0.470. The van der Waals surface area contributed by atoms with E-state index in [1.807, 2.05) is 0 Å². The van der Waals surface area contributed by atoms with E-state index >= 15 is 0 Å². The van der Waals surface area contributed by atoms with Gasteiger partial charge >= 0.3 is 0 Å². The highest BCUT2D eigenvalue weighted by molar-refractivity contribution is 7.80. The zero-order chi connectivity index (χ0) is 12.1. The second-order valence-electron chi connectivity index (χ2n) is 4.87. The van der Waals surface area contributed by atoms with Crippen LogP contribution < -0.4 is 0 Å². The minimum absolute atomic E-state index is 0.314. The normalized spacial score (nSPS) is 20.9. The number of hydrogen-bond acceptors (Lipinski definition) is 2. The van der Waals surface area contributed by atoms with Gasteiger partial charge in [0.15, 0.2) is 0 Å². The van der Waals surface area contributed by atoms with Gasteiger partial charge in [-0.1, -0.05) is 37.6 Å². The Morgan fingerprint density at radius 1 is 1.41 bits per heavy atom. The fourth-order valence-corrected chi connectivity index (χ4v) is 2.80.